The van der Waals surface area contributed by atoms with E-state index in [4.69, 9.17) is 9.84 Å². The van der Waals surface area contributed by atoms with Crippen LogP contribution in [0.3, 0.4) is 0 Å². The van der Waals surface area contributed by atoms with Crippen LogP contribution in [0.15, 0.2) is 29.2 Å². The molecule has 0 aromatic heterocycles. The highest BCUT2D eigenvalue weighted by atomic mass is 32.2. The summed E-state index contributed by atoms with van der Waals surface area (Å²) in [6.07, 6.45) is 0.575. The summed E-state index contributed by atoms with van der Waals surface area (Å²) in [5, 5.41) is 8.85. The lowest BCUT2D eigenvalue weighted by Gasteiger charge is -2.16. The summed E-state index contributed by atoms with van der Waals surface area (Å²) < 4.78 is 31.6. The molecule has 1 rings (SSSR count). The molecule has 0 heterocycles. The Balaban J connectivity index is 2.99. The largest absolute Gasteiger partial charge is 0.478 e. The number of hydrogen-bond donors (Lipinski definition) is 2. The minimum atomic E-state index is -3.74. The fourth-order valence-electron chi connectivity index (χ4n) is 1.52. The van der Waals surface area contributed by atoms with Gasteiger partial charge in [0.15, 0.2) is 0 Å². The second kappa shape index (κ2) is 6.65. The van der Waals surface area contributed by atoms with Crippen LogP contribution in [0.5, 0.6) is 0 Å². The fourth-order valence-corrected chi connectivity index (χ4v) is 2.87. The Morgan fingerprint density at radius 3 is 2.68 bits per heavy atom. The molecule has 0 bridgehead atoms. The Morgan fingerprint density at radius 2 is 2.16 bits per heavy atom. The van der Waals surface area contributed by atoms with Gasteiger partial charge in [0.1, 0.15) is 0 Å². The monoisotopic (exact) mass is 287 g/mol. The molecule has 0 fully saturated rings. The summed E-state index contributed by atoms with van der Waals surface area (Å²) in [7, 11) is -2.26. The van der Waals surface area contributed by atoms with Crippen LogP contribution in [0.2, 0.25) is 0 Å². The average molecular weight is 287 g/mol. The Hall–Kier alpha value is -1.44. The minimum Gasteiger partial charge on any atom is -0.478 e. The van der Waals surface area contributed by atoms with E-state index in [-0.39, 0.29) is 23.1 Å². The van der Waals surface area contributed by atoms with Gasteiger partial charge in [0.2, 0.25) is 10.0 Å². The van der Waals surface area contributed by atoms with Crippen molar-refractivity contribution < 1.29 is 23.1 Å². The smallest absolute Gasteiger partial charge is 0.335 e. The number of carbonyl (C=O) groups is 1. The SMILES string of the molecule is CCC(COC)NS(=O)(=O)c1cccc(C(=O)O)c1. The van der Waals surface area contributed by atoms with E-state index in [2.05, 4.69) is 4.72 Å². The van der Waals surface area contributed by atoms with E-state index >= 15 is 0 Å². The van der Waals surface area contributed by atoms with E-state index in [1.54, 1.807) is 0 Å². The van der Waals surface area contributed by atoms with Gasteiger partial charge in [0.25, 0.3) is 0 Å². The molecule has 0 aliphatic carbocycles. The molecule has 0 aliphatic rings. The number of carboxylic acid groups (broad SMARTS) is 1. The van der Waals surface area contributed by atoms with Crippen molar-refractivity contribution in [1.82, 2.24) is 4.72 Å². The van der Waals surface area contributed by atoms with Crippen LogP contribution in [0, 0.1) is 0 Å². The zero-order valence-electron chi connectivity index (χ0n) is 10.8. The van der Waals surface area contributed by atoms with Crippen molar-refractivity contribution in [1.29, 1.82) is 0 Å². The van der Waals surface area contributed by atoms with E-state index in [1.165, 1.54) is 25.3 Å². The number of rotatable bonds is 7. The van der Waals surface area contributed by atoms with Crippen LogP contribution >= 0.6 is 0 Å². The lowest BCUT2D eigenvalue weighted by molar-refractivity contribution is 0.0696. The number of carboxylic acids is 1. The van der Waals surface area contributed by atoms with E-state index in [0.29, 0.717) is 6.42 Å². The molecule has 1 aromatic rings. The van der Waals surface area contributed by atoms with Crippen LogP contribution in [0.25, 0.3) is 0 Å². The lowest BCUT2D eigenvalue weighted by Crippen LogP contribution is -2.37. The maximum atomic E-state index is 12.1. The van der Waals surface area contributed by atoms with Crippen LogP contribution in [-0.2, 0) is 14.8 Å². The third-order valence-corrected chi connectivity index (χ3v) is 4.09. The molecule has 19 heavy (non-hydrogen) atoms. The van der Waals surface area contributed by atoms with Crippen molar-refractivity contribution in [2.24, 2.45) is 0 Å². The highest BCUT2D eigenvalue weighted by Gasteiger charge is 2.20. The van der Waals surface area contributed by atoms with Gasteiger partial charge in [-0.2, -0.15) is 0 Å². The number of sulfonamides is 1. The molecule has 1 unspecified atom stereocenters. The lowest BCUT2D eigenvalue weighted by atomic mass is 10.2. The second-order valence-corrected chi connectivity index (χ2v) is 5.73. The maximum Gasteiger partial charge on any atom is 0.335 e. The summed E-state index contributed by atoms with van der Waals surface area (Å²) in [6.45, 7) is 2.09. The molecule has 0 radical (unpaired) electrons. The zero-order chi connectivity index (χ0) is 14.5. The molecule has 7 heteroatoms. The number of nitrogens with one attached hydrogen (secondary N) is 1. The molecule has 6 nitrogen and oxygen atoms in total. The van der Waals surface area contributed by atoms with E-state index in [0.717, 1.165) is 6.07 Å². The Bertz CT molecular complexity index is 541. The second-order valence-electron chi connectivity index (χ2n) is 4.01. The molecular weight excluding hydrogens is 270 g/mol. The summed E-state index contributed by atoms with van der Waals surface area (Å²) >= 11 is 0. The highest BCUT2D eigenvalue weighted by molar-refractivity contribution is 7.89. The third-order valence-electron chi connectivity index (χ3n) is 2.57. The Morgan fingerprint density at radius 1 is 1.47 bits per heavy atom. The predicted octanol–water partition coefficient (Wildman–Crippen LogP) is 1.09. The van der Waals surface area contributed by atoms with Gasteiger partial charge in [-0.05, 0) is 24.6 Å². The first-order chi connectivity index (χ1) is 8.90. The number of aromatic carboxylic acids is 1. The van der Waals surface area contributed by atoms with Gasteiger partial charge in [0, 0.05) is 13.2 Å². The highest BCUT2D eigenvalue weighted by Crippen LogP contribution is 2.12. The average Bonchev–Trinajstić information content (AvgIpc) is 2.38. The zero-order valence-corrected chi connectivity index (χ0v) is 11.6. The Kier molecular flexibility index (Phi) is 5.46. The molecule has 0 saturated carbocycles. The van der Waals surface area contributed by atoms with Gasteiger partial charge in [0.05, 0.1) is 17.1 Å². The topological polar surface area (TPSA) is 92.7 Å². The van der Waals surface area contributed by atoms with Gasteiger partial charge in [-0.1, -0.05) is 13.0 Å². The Labute approximate surface area is 112 Å². The molecule has 0 amide bonds. The predicted molar refractivity (Wildman–Crippen MR) is 69.7 cm³/mol. The molecule has 2 N–H and O–H groups in total. The number of ether oxygens (including phenoxy) is 1. The van der Waals surface area contributed by atoms with Crippen LogP contribution in [0.4, 0.5) is 0 Å². The standard InChI is InChI=1S/C12H17NO5S/c1-3-10(8-18-2)13-19(16,17)11-6-4-5-9(7-11)12(14)15/h4-7,10,13H,3,8H2,1-2H3,(H,14,15). The molecule has 0 aliphatic heterocycles. The summed E-state index contributed by atoms with van der Waals surface area (Å²) in [6, 6.07) is 4.88. The van der Waals surface area contributed by atoms with Crippen molar-refractivity contribution >= 4 is 16.0 Å². The molecule has 0 spiro atoms. The van der Waals surface area contributed by atoms with Crippen molar-refractivity contribution in [3.8, 4) is 0 Å². The molecule has 0 saturated heterocycles. The number of benzene rings is 1. The first-order valence-electron chi connectivity index (χ1n) is 5.75. The first-order valence-corrected chi connectivity index (χ1v) is 7.23. The number of methoxy groups -OCH3 is 1. The van der Waals surface area contributed by atoms with Crippen LogP contribution < -0.4 is 4.72 Å². The summed E-state index contributed by atoms with van der Waals surface area (Å²) in [5.41, 5.74) is -0.0670. The third kappa shape index (κ3) is 4.30. The van der Waals surface area contributed by atoms with Gasteiger partial charge in [-0.3, -0.25) is 0 Å². The fraction of sp³-hybridized carbons (Fsp3) is 0.417. The van der Waals surface area contributed by atoms with Crippen molar-refractivity contribution in [2.45, 2.75) is 24.3 Å². The van der Waals surface area contributed by atoms with Crippen LogP contribution in [0.1, 0.15) is 23.7 Å². The first kappa shape index (κ1) is 15.6. The maximum absolute atomic E-state index is 12.1. The minimum absolute atomic E-state index is 0.0670. The molecule has 106 valence electrons. The van der Waals surface area contributed by atoms with Gasteiger partial charge < -0.3 is 9.84 Å². The summed E-state index contributed by atoms with van der Waals surface area (Å²) in [5.74, 6) is -1.17. The van der Waals surface area contributed by atoms with Crippen molar-refractivity contribution in [3.63, 3.8) is 0 Å². The number of hydrogen-bond acceptors (Lipinski definition) is 4. The quantitative estimate of drug-likeness (QED) is 0.783. The van der Waals surface area contributed by atoms with Gasteiger partial charge in [-0.25, -0.2) is 17.9 Å². The normalized spacial score (nSPS) is 13.2. The van der Waals surface area contributed by atoms with E-state index < -0.39 is 16.0 Å². The summed E-state index contributed by atoms with van der Waals surface area (Å²) in [4.78, 5) is 10.8. The van der Waals surface area contributed by atoms with Crippen molar-refractivity contribution in [2.75, 3.05) is 13.7 Å². The molecule has 1 atom stereocenters. The van der Waals surface area contributed by atoms with Gasteiger partial charge >= 0.3 is 5.97 Å². The van der Waals surface area contributed by atoms with Crippen molar-refractivity contribution in [3.05, 3.63) is 29.8 Å². The molecule has 1 aromatic carbocycles. The van der Waals surface area contributed by atoms with E-state index in [1.807, 2.05) is 6.92 Å². The van der Waals surface area contributed by atoms with Gasteiger partial charge in [-0.15, -0.1) is 0 Å². The van der Waals surface area contributed by atoms with Crippen LogP contribution in [-0.4, -0.2) is 39.3 Å². The van der Waals surface area contributed by atoms with E-state index in [9.17, 15) is 13.2 Å². The molecular formula is C12H17NO5S.